The highest BCUT2D eigenvalue weighted by Gasteiger charge is 2.22. The summed E-state index contributed by atoms with van der Waals surface area (Å²) in [5.74, 6) is 0.927. The number of carbonyl (C=O) groups excluding carboxylic acids is 2. The smallest absolute Gasteiger partial charge is 0.238 e. The number of amides is 2. The second-order valence-electron chi connectivity index (χ2n) is 7.42. The first-order valence-electron chi connectivity index (χ1n) is 10.4. The van der Waals surface area contributed by atoms with Crippen molar-refractivity contribution in [2.24, 2.45) is 0 Å². The summed E-state index contributed by atoms with van der Waals surface area (Å²) in [5, 5.41) is 6.68. The lowest BCUT2D eigenvalue weighted by molar-refractivity contribution is -0.133. The maximum Gasteiger partial charge on any atom is 0.238 e. The maximum atomic E-state index is 12.9. The van der Waals surface area contributed by atoms with Crippen LogP contribution in [0.3, 0.4) is 0 Å². The average Bonchev–Trinajstić information content (AvgIpc) is 3.18. The number of nitrogens with one attached hydrogen (secondary N) is 1. The van der Waals surface area contributed by atoms with Gasteiger partial charge in [-0.2, -0.15) is 4.98 Å². The van der Waals surface area contributed by atoms with Crippen LogP contribution in [0, 0.1) is 5.82 Å². The minimum atomic E-state index is -0.341. The molecule has 9 heteroatoms. The Morgan fingerprint density at radius 1 is 1.13 bits per heavy atom. The Morgan fingerprint density at radius 2 is 1.87 bits per heavy atom. The van der Waals surface area contributed by atoms with Crippen molar-refractivity contribution < 1.29 is 18.5 Å². The summed E-state index contributed by atoms with van der Waals surface area (Å²) in [6, 6.07) is 5.68. The fraction of sp³-hybridized carbons (Fsp3) is 0.524. The normalized spacial score (nSPS) is 14.7. The van der Waals surface area contributed by atoms with Crippen molar-refractivity contribution >= 4 is 17.5 Å². The number of hydrogen-bond acceptors (Lipinski definition) is 6. The molecular weight excluding hydrogens is 389 g/mol. The Balaban J connectivity index is 1.33. The molecule has 3 rings (SSSR count). The SMILES string of the molecule is CCCc1noc(CCCC(=O)N2CCN(CC(=O)Nc3ccc(F)cc3)CC2)n1. The fourth-order valence-corrected chi connectivity index (χ4v) is 3.36. The molecule has 1 fully saturated rings. The van der Waals surface area contributed by atoms with Crippen LogP contribution >= 0.6 is 0 Å². The number of hydrogen-bond donors (Lipinski definition) is 1. The predicted molar refractivity (Wildman–Crippen MR) is 109 cm³/mol. The fourth-order valence-electron chi connectivity index (χ4n) is 3.36. The number of rotatable bonds is 9. The first kappa shape index (κ1) is 21.9. The van der Waals surface area contributed by atoms with E-state index in [0.717, 1.165) is 18.7 Å². The summed E-state index contributed by atoms with van der Waals surface area (Å²) in [4.78, 5) is 32.7. The highest BCUT2D eigenvalue weighted by Crippen LogP contribution is 2.10. The molecule has 0 bridgehead atoms. The van der Waals surface area contributed by atoms with Gasteiger partial charge < -0.3 is 14.7 Å². The number of aromatic nitrogens is 2. The van der Waals surface area contributed by atoms with Crippen LogP contribution in [-0.4, -0.2) is 64.5 Å². The third-order valence-electron chi connectivity index (χ3n) is 4.99. The van der Waals surface area contributed by atoms with Crippen molar-refractivity contribution in [3.63, 3.8) is 0 Å². The van der Waals surface area contributed by atoms with Crippen molar-refractivity contribution in [1.29, 1.82) is 0 Å². The van der Waals surface area contributed by atoms with E-state index in [0.29, 0.717) is 57.0 Å². The number of aryl methyl sites for hydroxylation is 2. The zero-order chi connectivity index (χ0) is 21.3. The minimum Gasteiger partial charge on any atom is -0.340 e. The Morgan fingerprint density at radius 3 is 2.57 bits per heavy atom. The molecule has 0 radical (unpaired) electrons. The quantitative estimate of drug-likeness (QED) is 0.673. The van der Waals surface area contributed by atoms with Crippen molar-refractivity contribution in [1.82, 2.24) is 19.9 Å². The van der Waals surface area contributed by atoms with E-state index in [4.69, 9.17) is 4.52 Å². The lowest BCUT2D eigenvalue weighted by Gasteiger charge is -2.34. The maximum absolute atomic E-state index is 12.9. The molecule has 30 heavy (non-hydrogen) atoms. The predicted octanol–water partition coefficient (Wildman–Crippen LogP) is 2.27. The number of carbonyl (C=O) groups is 2. The van der Waals surface area contributed by atoms with Gasteiger partial charge >= 0.3 is 0 Å². The molecule has 0 aliphatic carbocycles. The standard InChI is InChI=1S/C21H28FN5O3/c1-2-4-18-24-20(30-25-18)5-3-6-21(29)27-13-11-26(12-14-27)15-19(28)23-17-9-7-16(22)8-10-17/h7-10H,2-6,11-15H2,1H3,(H,23,28). The van der Waals surface area contributed by atoms with Crippen LogP contribution in [0.1, 0.15) is 37.9 Å². The van der Waals surface area contributed by atoms with Crippen molar-refractivity contribution in [2.45, 2.75) is 39.0 Å². The largest absolute Gasteiger partial charge is 0.340 e. The molecule has 0 saturated carbocycles. The zero-order valence-corrected chi connectivity index (χ0v) is 17.3. The van der Waals surface area contributed by atoms with E-state index in [1.807, 2.05) is 9.80 Å². The van der Waals surface area contributed by atoms with E-state index < -0.39 is 0 Å². The molecule has 1 saturated heterocycles. The molecular formula is C21H28FN5O3. The van der Waals surface area contributed by atoms with Crippen molar-refractivity contribution in [2.75, 3.05) is 38.0 Å². The topological polar surface area (TPSA) is 91.6 Å². The molecule has 1 aromatic heterocycles. The molecule has 1 aromatic carbocycles. The van der Waals surface area contributed by atoms with Crippen molar-refractivity contribution in [3.8, 4) is 0 Å². The van der Waals surface area contributed by atoms with Crippen LogP contribution in [0.2, 0.25) is 0 Å². The summed E-state index contributed by atoms with van der Waals surface area (Å²) in [5.41, 5.74) is 0.568. The molecule has 1 aliphatic rings. The van der Waals surface area contributed by atoms with Gasteiger partial charge in [0.1, 0.15) is 5.82 Å². The van der Waals surface area contributed by atoms with E-state index in [-0.39, 0.29) is 24.2 Å². The van der Waals surface area contributed by atoms with Gasteiger partial charge in [-0.15, -0.1) is 0 Å². The van der Waals surface area contributed by atoms with Gasteiger partial charge in [0, 0.05) is 51.1 Å². The van der Waals surface area contributed by atoms with Crippen LogP contribution < -0.4 is 5.32 Å². The first-order valence-corrected chi connectivity index (χ1v) is 10.4. The summed E-state index contributed by atoms with van der Waals surface area (Å²) in [7, 11) is 0. The Hall–Kier alpha value is -2.81. The molecule has 1 aliphatic heterocycles. The molecule has 1 N–H and O–H groups in total. The van der Waals surface area contributed by atoms with Crippen molar-refractivity contribution in [3.05, 3.63) is 41.8 Å². The van der Waals surface area contributed by atoms with Gasteiger partial charge in [0.25, 0.3) is 0 Å². The van der Waals surface area contributed by atoms with E-state index in [2.05, 4.69) is 22.4 Å². The van der Waals surface area contributed by atoms with Crippen LogP contribution in [-0.2, 0) is 22.4 Å². The average molecular weight is 417 g/mol. The summed E-state index contributed by atoms with van der Waals surface area (Å²) in [6.45, 7) is 4.80. The highest BCUT2D eigenvalue weighted by molar-refractivity contribution is 5.92. The summed E-state index contributed by atoms with van der Waals surface area (Å²) < 4.78 is 18.1. The number of nitrogens with zero attached hydrogens (tertiary/aromatic N) is 4. The second kappa shape index (κ2) is 10.8. The number of anilines is 1. The summed E-state index contributed by atoms with van der Waals surface area (Å²) >= 11 is 0. The zero-order valence-electron chi connectivity index (χ0n) is 17.3. The minimum absolute atomic E-state index is 0.110. The Labute approximate surface area is 175 Å². The second-order valence-corrected chi connectivity index (χ2v) is 7.42. The molecule has 2 aromatic rings. The van der Waals surface area contributed by atoms with Gasteiger partial charge in [0.2, 0.25) is 17.7 Å². The van der Waals surface area contributed by atoms with Gasteiger partial charge in [-0.05, 0) is 37.1 Å². The van der Waals surface area contributed by atoms with Crippen LogP contribution in [0.25, 0.3) is 0 Å². The number of halogens is 1. The lowest BCUT2D eigenvalue weighted by atomic mass is 10.2. The van der Waals surface area contributed by atoms with Gasteiger partial charge in [0.05, 0.1) is 6.54 Å². The van der Waals surface area contributed by atoms with Crippen LogP contribution in [0.4, 0.5) is 10.1 Å². The third kappa shape index (κ3) is 6.62. The highest BCUT2D eigenvalue weighted by atomic mass is 19.1. The van der Waals surface area contributed by atoms with Gasteiger partial charge in [-0.3, -0.25) is 14.5 Å². The monoisotopic (exact) mass is 417 g/mol. The Bertz CT molecular complexity index is 831. The number of benzene rings is 1. The number of piperazine rings is 1. The van der Waals surface area contributed by atoms with E-state index in [1.54, 1.807) is 0 Å². The molecule has 2 amide bonds. The van der Waals surface area contributed by atoms with Gasteiger partial charge in [-0.1, -0.05) is 12.1 Å². The lowest BCUT2D eigenvalue weighted by Crippen LogP contribution is -2.50. The Kier molecular flexibility index (Phi) is 7.89. The van der Waals surface area contributed by atoms with Gasteiger partial charge in [-0.25, -0.2) is 4.39 Å². The van der Waals surface area contributed by atoms with E-state index >= 15 is 0 Å². The first-order chi connectivity index (χ1) is 14.5. The molecule has 8 nitrogen and oxygen atoms in total. The third-order valence-corrected chi connectivity index (χ3v) is 4.99. The molecule has 0 atom stereocenters. The molecule has 2 heterocycles. The molecule has 0 unspecified atom stereocenters. The summed E-state index contributed by atoms with van der Waals surface area (Å²) in [6.07, 6.45) is 3.49. The van der Waals surface area contributed by atoms with E-state index in [1.165, 1.54) is 24.3 Å². The van der Waals surface area contributed by atoms with Crippen LogP contribution in [0.15, 0.2) is 28.8 Å². The van der Waals surface area contributed by atoms with Gasteiger partial charge in [0.15, 0.2) is 5.82 Å². The van der Waals surface area contributed by atoms with Crippen LogP contribution in [0.5, 0.6) is 0 Å². The molecule has 162 valence electrons. The molecule has 0 spiro atoms. The van der Waals surface area contributed by atoms with E-state index in [9.17, 15) is 14.0 Å².